The third-order valence-corrected chi connectivity index (χ3v) is 2.12. The highest BCUT2D eigenvalue weighted by molar-refractivity contribution is 5.35. The van der Waals surface area contributed by atoms with Gasteiger partial charge in [0.1, 0.15) is 11.6 Å². The van der Waals surface area contributed by atoms with Crippen molar-refractivity contribution in [3.63, 3.8) is 0 Å². The van der Waals surface area contributed by atoms with Gasteiger partial charge in [-0.05, 0) is 6.42 Å². The molecular weight excluding hydrogens is 206 g/mol. The van der Waals surface area contributed by atoms with Crippen molar-refractivity contribution in [1.82, 2.24) is 9.97 Å². The lowest BCUT2D eigenvalue weighted by Gasteiger charge is -2.07. The summed E-state index contributed by atoms with van der Waals surface area (Å²) in [4.78, 5) is 8.78. The van der Waals surface area contributed by atoms with Crippen LogP contribution in [-0.2, 0) is 22.5 Å². The van der Waals surface area contributed by atoms with Gasteiger partial charge < -0.3 is 14.8 Å². The molecule has 0 radical (unpaired) electrons. The molecule has 0 aromatic carbocycles. The monoisotopic (exact) mass is 225 g/mol. The zero-order valence-corrected chi connectivity index (χ0v) is 10.1. The first-order valence-electron chi connectivity index (χ1n) is 5.32. The van der Waals surface area contributed by atoms with E-state index in [0.717, 1.165) is 36.8 Å². The van der Waals surface area contributed by atoms with Crippen LogP contribution in [-0.4, -0.2) is 37.8 Å². The maximum atomic E-state index is 5.07. The molecule has 0 fully saturated rings. The number of rotatable bonds is 7. The highest BCUT2D eigenvalue weighted by atomic mass is 16.5. The average Bonchev–Trinajstić information content (AvgIpc) is 2.29. The second-order valence-electron chi connectivity index (χ2n) is 3.44. The van der Waals surface area contributed by atoms with E-state index in [1.165, 1.54) is 0 Å². The van der Waals surface area contributed by atoms with Crippen LogP contribution in [0.1, 0.15) is 17.9 Å². The number of aryl methyl sites for hydroxylation is 1. The lowest BCUT2D eigenvalue weighted by atomic mass is 10.3. The topological polar surface area (TPSA) is 56.3 Å². The van der Waals surface area contributed by atoms with Gasteiger partial charge in [0.2, 0.25) is 0 Å². The fraction of sp³-hybridized carbons (Fsp3) is 0.636. The minimum Gasteiger partial charge on any atom is -0.385 e. The number of nitrogens with one attached hydrogen (secondary N) is 1. The summed E-state index contributed by atoms with van der Waals surface area (Å²) >= 11 is 0. The van der Waals surface area contributed by atoms with Gasteiger partial charge in [0.05, 0.1) is 12.3 Å². The highest BCUT2D eigenvalue weighted by Gasteiger charge is 2.03. The van der Waals surface area contributed by atoms with Gasteiger partial charge in [-0.3, -0.25) is 0 Å². The third kappa shape index (κ3) is 4.12. The lowest BCUT2D eigenvalue weighted by Crippen LogP contribution is -2.05. The molecule has 1 aromatic heterocycles. The van der Waals surface area contributed by atoms with E-state index in [1.807, 2.05) is 13.1 Å². The number of nitrogens with zero attached hydrogens (tertiary/aromatic N) is 2. The Labute approximate surface area is 96.2 Å². The molecule has 1 rings (SSSR count). The van der Waals surface area contributed by atoms with Crippen LogP contribution in [0, 0.1) is 0 Å². The molecule has 5 heteroatoms. The van der Waals surface area contributed by atoms with E-state index in [4.69, 9.17) is 9.47 Å². The summed E-state index contributed by atoms with van der Waals surface area (Å²) in [7, 11) is 5.20. The lowest BCUT2D eigenvalue weighted by molar-refractivity contribution is 0.181. The normalized spacial score (nSPS) is 10.4. The van der Waals surface area contributed by atoms with Gasteiger partial charge in [-0.1, -0.05) is 0 Å². The number of aromatic nitrogens is 2. The Morgan fingerprint density at radius 2 is 2.06 bits per heavy atom. The molecule has 0 aliphatic rings. The van der Waals surface area contributed by atoms with Crippen molar-refractivity contribution >= 4 is 5.82 Å². The molecular formula is C11H19N3O2. The van der Waals surface area contributed by atoms with E-state index in [9.17, 15) is 0 Å². The van der Waals surface area contributed by atoms with E-state index in [0.29, 0.717) is 6.61 Å². The van der Waals surface area contributed by atoms with Gasteiger partial charge >= 0.3 is 0 Å². The fourth-order valence-electron chi connectivity index (χ4n) is 1.39. The Morgan fingerprint density at radius 1 is 1.25 bits per heavy atom. The van der Waals surface area contributed by atoms with Gasteiger partial charge in [0.15, 0.2) is 0 Å². The Kier molecular flexibility index (Phi) is 5.74. The molecule has 90 valence electrons. The second kappa shape index (κ2) is 7.14. The predicted octanol–water partition coefficient (Wildman–Crippen LogP) is 1.24. The van der Waals surface area contributed by atoms with Crippen LogP contribution >= 0.6 is 0 Å². The summed E-state index contributed by atoms with van der Waals surface area (Å²) < 4.78 is 10.1. The maximum absolute atomic E-state index is 5.07. The van der Waals surface area contributed by atoms with Gasteiger partial charge in [-0.2, -0.15) is 0 Å². The van der Waals surface area contributed by atoms with Crippen LogP contribution < -0.4 is 5.32 Å². The molecule has 0 aliphatic carbocycles. The average molecular weight is 225 g/mol. The fourth-order valence-corrected chi connectivity index (χ4v) is 1.39. The second-order valence-corrected chi connectivity index (χ2v) is 3.44. The molecule has 0 spiro atoms. The molecule has 16 heavy (non-hydrogen) atoms. The molecule has 1 N–H and O–H groups in total. The summed E-state index contributed by atoms with van der Waals surface area (Å²) in [6.45, 7) is 1.24. The Hall–Kier alpha value is -1.20. The van der Waals surface area contributed by atoms with Crippen LogP contribution in [0.25, 0.3) is 0 Å². The standard InChI is InChI=1S/C11H19N3O2/c1-12-11-7-9(8-16-3)13-10(14-11)5-4-6-15-2/h7H,4-6,8H2,1-3H3,(H,12,13,14). The number of methoxy groups -OCH3 is 2. The molecule has 1 heterocycles. The largest absolute Gasteiger partial charge is 0.385 e. The first-order chi connectivity index (χ1) is 7.80. The smallest absolute Gasteiger partial charge is 0.131 e. The zero-order valence-electron chi connectivity index (χ0n) is 10.1. The van der Waals surface area contributed by atoms with E-state index < -0.39 is 0 Å². The number of anilines is 1. The minimum absolute atomic E-state index is 0.508. The summed E-state index contributed by atoms with van der Waals surface area (Å²) in [5.74, 6) is 1.66. The molecule has 0 unspecified atom stereocenters. The quantitative estimate of drug-likeness (QED) is 0.708. The first-order valence-corrected chi connectivity index (χ1v) is 5.32. The van der Waals surface area contributed by atoms with Crippen LogP contribution in [0.15, 0.2) is 6.07 Å². The van der Waals surface area contributed by atoms with Crippen molar-refractivity contribution in [1.29, 1.82) is 0 Å². The van der Waals surface area contributed by atoms with E-state index >= 15 is 0 Å². The molecule has 0 atom stereocenters. The number of hydrogen-bond donors (Lipinski definition) is 1. The first kappa shape index (κ1) is 12.9. The Bertz CT molecular complexity index is 318. The summed E-state index contributed by atoms with van der Waals surface area (Å²) in [5.41, 5.74) is 0.897. The van der Waals surface area contributed by atoms with Crippen molar-refractivity contribution in [2.75, 3.05) is 33.2 Å². The van der Waals surface area contributed by atoms with Crippen molar-refractivity contribution in [3.8, 4) is 0 Å². The van der Waals surface area contributed by atoms with E-state index in [2.05, 4.69) is 15.3 Å². The minimum atomic E-state index is 0.508. The zero-order chi connectivity index (χ0) is 11.8. The Morgan fingerprint density at radius 3 is 2.69 bits per heavy atom. The van der Waals surface area contributed by atoms with Crippen molar-refractivity contribution in [3.05, 3.63) is 17.6 Å². The van der Waals surface area contributed by atoms with Crippen molar-refractivity contribution in [2.24, 2.45) is 0 Å². The van der Waals surface area contributed by atoms with E-state index in [-0.39, 0.29) is 0 Å². The van der Waals surface area contributed by atoms with Crippen LogP contribution in [0.3, 0.4) is 0 Å². The van der Waals surface area contributed by atoms with Crippen LogP contribution in [0.2, 0.25) is 0 Å². The molecule has 1 aromatic rings. The number of ether oxygens (including phenoxy) is 2. The molecule has 0 saturated heterocycles. The predicted molar refractivity (Wildman–Crippen MR) is 62.5 cm³/mol. The van der Waals surface area contributed by atoms with Gasteiger partial charge in [0, 0.05) is 40.4 Å². The van der Waals surface area contributed by atoms with Gasteiger partial charge in [-0.25, -0.2) is 9.97 Å². The summed E-state index contributed by atoms with van der Waals surface area (Å²) in [6, 6.07) is 1.89. The van der Waals surface area contributed by atoms with Crippen molar-refractivity contribution in [2.45, 2.75) is 19.4 Å². The highest BCUT2D eigenvalue weighted by Crippen LogP contribution is 2.08. The summed E-state index contributed by atoms with van der Waals surface area (Å²) in [5, 5.41) is 3.02. The van der Waals surface area contributed by atoms with Gasteiger partial charge in [0.25, 0.3) is 0 Å². The van der Waals surface area contributed by atoms with Crippen molar-refractivity contribution < 1.29 is 9.47 Å². The van der Waals surface area contributed by atoms with Crippen LogP contribution in [0.5, 0.6) is 0 Å². The van der Waals surface area contributed by atoms with Gasteiger partial charge in [-0.15, -0.1) is 0 Å². The molecule has 5 nitrogen and oxygen atoms in total. The third-order valence-electron chi connectivity index (χ3n) is 2.12. The number of hydrogen-bond acceptors (Lipinski definition) is 5. The maximum Gasteiger partial charge on any atom is 0.131 e. The SMILES string of the molecule is CNc1cc(COC)nc(CCCOC)n1. The molecule has 0 aliphatic heterocycles. The van der Waals surface area contributed by atoms with E-state index in [1.54, 1.807) is 14.2 Å². The Balaban J connectivity index is 2.69. The van der Waals surface area contributed by atoms with Crippen LogP contribution in [0.4, 0.5) is 5.82 Å². The molecule has 0 saturated carbocycles. The molecule has 0 bridgehead atoms. The summed E-state index contributed by atoms with van der Waals surface area (Å²) in [6.07, 6.45) is 1.75. The molecule has 0 amide bonds.